The summed E-state index contributed by atoms with van der Waals surface area (Å²) in [5.74, 6) is -0.169. The number of benzene rings is 2. The van der Waals surface area contributed by atoms with E-state index in [1.165, 1.54) is 0 Å². The minimum atomic E-state index is -1.23. The Balaban J connectivity index is 1.44. The summed E-state index contributed by atoms with van der Waals surface area (Å²) in [7, 11) is 0. The zero-order valence-corrected chi connectivity index (χ0v) is 18.1. The number of anilines is 1. The van der Waals surface area contributed by atoms with Crippen molar-refractivity contribution in [3.05, 3.63) is 65.2 Å². The van der Waals surface area contributed by atoms with Crippen molar-refractivity contribution in [2.24, 2.45) is 5.92 Å². The molecule has 2 heterocycles. The van der Waals surface area contributed by atoms with E-state index in [1.54, 1.807) is 55.5 Å². The molecule has 4 rings (SSSR count). The van der Waals surface area contributed by atoms with Crippen LogP contribution in [0, 0.1) is 5.92 Å². The van der Waals surface area contributed by atoms with Crippen LogP contribution in [-0.4, -0.2) is 41.7 Å². The Morgan fingerprint density at radius 1 is 1.03 bits per heavy atom. The molecule has 2 saturated heterocycles. The zero-order chi connectivity index (χ0) is 22.9. The van der Waals surface area contributed by atoms with Crippen LogP contribution < -0.4 is 16.0 Å². The molecule has 5 amide bonds. The van der Waals surface area contributed by atoms with Gasteiger partial charge in [-0.2, -0.15) is 0 Å². The molecule has 2 fully saturated rings. The third kappa shape index (κ3) is 4.21. The van der Waals surface area contributed by atoms with Crippen LogP contribution in [0.15, 0.2) is 48.5 Å². The van der Waals surface area contributed by atoms with Crippen LogP contribution in [0.1, 0.15) is 53.0 Å². The fourth-order valence-corrected chi connectivity index (χ4v) is 4.01. The van der Waals surface area contributed by atoms with Gasteiger partial charge in [0.05, 0.1) is 0 Å². The van der Waals surface area contributed by atoms with Gasteiger partial charge in [-0.3, -0.25) is 19.7 Å². The number of nitrogens with one attached hydrogen (secondary N) is 3. The number of hydrogen-bond acceptors (Lipinski definition) is 4. The fourth-order valence-electron chi connectivity index (χ4n) is 4.01. The molecule has 1 unspecified atom stereocenters. The van der Waals surface area contributed by atoms with Crippen LogP contribution in [-0.2, 0) is 10.3 Å². The molecule has 0 spiro atoms. The molecule has 1 atom stereocenters. The van der Waals surface area contributed by atoms with Crippen LogP contribution in [0.3, 0.4) is 0 Å². The van der Waals surface area contributed by atoms with Crippen molar-refractivity contribution in [2.75, 3.05) is 18.4 Å². The third-order valence-electron chi connectivity index (χ3n) is 6.21. The second-order valence-corrected chi connectivity index (χ2v) is 8.62. The van der Waals surface area contributed by atoms with Crippen molar-refractivity contribution in [1.29, 1.82) is 0 Å². The average Bonchev–Trinajstić information content (AvgIpc) is 3.06. The van der Waals surface area contributed by atoms with Gasteiger partial charge in [0.1, 0.15) is 5.54 Å². The molecule has 2 aromatic rings. The van der Waals surface area contributed by atoms with Crippen molar-refractivity contribution in [1.82, 2.24) is 15.5 Å². The molecule has 0 saturated carbocycles. The Morgan fingerprint density at radius 2 is 1.72 bits per heavy atom. The number of urea groups is 1. The summed E-state index contributed by atoms with van der Waals surface area (Å²) in [6, 6.07) is 12.8. The van der Waals surface area contributed by atoms with Gasteiger partial charge in [-0.05, 0) is 67.6 Å². The summed E-state index contributed by atoms with van der Waals surface area (Å²) in [4.78, 5) is 51.0. The third-order valence-corrected chi connectivity index (χ3v) is 6.21. The monoisotopic (exact) mass is 434 g/mol. The molecule has 32 heavy (non-hydrogen) atoms. The van der Waals surface area contributed by atoms with Gasteiger partial charge in [0.25, 0.3) is 17.7 Å². The highest BCUT2D eigenvalue weighted by Gasteiger charge is 2.43. The summed E-state index contributed by atoms with van der Waals surface area (Å²) in [6.45, 7) is 5.33. The molecule has 0 radical (unpaired) electrons. The molecular weight excluding hydrogens is 408 g/mol. The topological polar surface area (TPSA) is 108 Å². The zero-order valence-electron chi connectivity index (χ0n) is 18.1. The number of rotatable bonds is 4. The molecule has 0 aromatic heterocycles. The number of likely N-dealkylation sites (tertiary alicyclic amines) is 1. The van der Waals surface area contributed by atoms with E-state index in [9.17, 15) is 19.2 Å². The van der Waals surface area contributed by atoms with Gasteiger partial charge in [-0.1, -0.05) is 19.1 Å². The van der Waals surface area contributed by atoms with E-state index in [2.05, 4.69) is 22.9 Å². The molecule has 2 aromatic carbocycles. The molecule has 2 aliphatic heterocycles. The van der Waals surface area contributed by atoms with Gasteiger partial charge in [0, 0.05) is 29.9 Å². The summed E-state index contributed by atoms with van der Waals surface area (Å²) < 4.78 is 0. The van der Waals surface area contributed by atoms with E-state index in [0.717, 1.165) is 25.9 Å². The van der Waals surface area contributed by atoms with Crippen molar-refractivity contribution >= 4 is 29.4 Å². The summed E-state index contributed by atoms with van der Waals surface area (Å²) >= 11 is 0. The SMILES string of the molecule is CC1CCN(C(=O)c2ccc(NC(=O)c3cccc(C4(C)NC(=O)NC4=O)c3)cc2)CC1. The lowest BCUT2D eigenvalue weighted by atomic mass is 9.91. The molecule has 2 aliphatic rings. The second-order valence-electron chi connectivity index (χ2n) is 8.62. The minimum absolute atomic E-state index is 0.00705. The molecule has 0 aliphatic carbocycles. The normalized spacial score (nSPS) is 21.1. The first-order valence-corrected chi connectivity index (χ1v) is 10.7. The van der Waals surface area contributed by atoms with E-state index in [0.29, 0.717) is 28.3 Å². The Kier molecular flexibility index (Phi) is 5.69. The number of carbonyl (C=O) groups excluding carboxylic acids is 4. The first-order valence-electron chi connectivity index (χ1n) is 10.7. The van der Waals surface area contributed by atoms with Crippen LogP contribution in [0.5, 0.6) is 0 Å². The lowest BCUT2D eigenvalue weighted by Crippen LogP contribution is -2.40. The first kappa shape index (κ1) is 21.5. The van der Waals surface area contributed by atoms with Crippen LogP contribution in [0.2, 0.25) is 0 Å². The van der Waals surface area contributed by atoms with E-state index in [4.69, 9.17) is 0 Å². The van der Waals surface area contributed by atoms with Gasteiger partial charge in [0.15, 0.2) is 0 Å². The number of carbonyl (C=O) groups is 4. The number of hydrogen-bond donors (Lipinski definition) is 3. The summed E-state index contributed by atoms with van der Waals surface area (Å²) in [5.41, 5.74) is 0.769. The predicted molar refractivity (Wildman–Crippen MR) is 119 cm³/mol. The Morgan fingerprint density at radius 3 is 2.34 bits per heavy atom. The summed E-state index contributed by atoms with van der Waals surface area (Å²) in [5, 5.41) is 7.61. The van der Waals surface area contributed by atoms with Crippen molar-refractivity contribution in [3.63, 3.8) is 0 Å². The van der Waals surface area contributed by atoms with E-state index in [-0.39, 0.29) is 11.8 Å². The fraction of sp³-hybridized carbons (Fsp3) is 0.333. The first-order chi connectivity index (χ1) is 15.3. The van der Waals surface area contributed by atoms with Crippen LogP contribution in [0.4, 0.5) is 10.5 Å². The highest BCUT2D eigenvalue weighted by Crippen LogP contribution is 2.25. The number of piperidine rings is 1. The largest absolute Gasteiger partial charge is 0.339 e. The predicted octanol–water partition coefficient (Wildman–Crippen LogP) is 2.87. The van der Waals surface area contributed by atoms with Crippen molar-refractivity contribution in [3.8, 4) is 0 Å². The van der Waals surface area contributed by atoms with Gasteiger partial charge in [-0.25, -0.2) is 4.79 Å². The molecule has 0 bridgehead atoms. The van der Waals surface area contributed by atoms with Gasteiger partial charge >= 0.3 is 6.03 Å². The number of nitrogens with zero attached hydrogens (tertiary/aromatic N) is 1. The lowest BCUT2D eigenvalue weighted by molar-refractivity contribution is -0.123. The van der Waals surface area contributed by atoms with Gasteiger partial charge in [-0.15, -0.1) is 0 Å². The maximum atomic E-state index is 12.8. The standard InChI is InChI=1S/C24H26N4O4/c1-15-10-12-28(13-11-15)21(30)16-6-8-19(9-7-16)25-20(29)17-4-3-5-18(14-17)24(2)22(31)26-23(32)27-24/h3-9,14-15H,10-13H2,1-2H3,(H,25,29)(H2,26,27,31,32). The van der Waals surface area contributed by atoms with Crippen molar-refractivity contribution in [2.45, 2.75) is 32.2 Å². The van der Waals surface area contributed by atoms with Gasteiger partial charge < -0.3 is 15.5 Å². The Labute approximate surface area is 186 Å². The molecular formula is C24H26N4O4. The number of amides is 5. The highest BCUT2D eigenvalue weighted by atomic mass is 16.2. The molecule has 3 N–H and O–H groups in total. The number of imide groups is 1. The molecule has 8 heteroatoms. The van der Waals surface area contributed by atoms with Crippen LogP contribution in [0.25, 0.3) is 0 Å². The van der Waals surface area contributed by atoms with Crippen LogP contribution >= 0.6 is 0 Å². The van der Waals surface area contributed by atoms with E-state index >= 15 is 0 Å². The molecule has 166 valence electrons. The maximum Gasteiger partial charge on any atom is 0.322 e. The van der Waals surface area contributed by atoms with E-state index in [1.807, 2.05) is 4.90 Å². The Bertz CT molecular complexity index is 1070. The quantitative estimate of drug-likeness (QED) is 0.643. The smallest absolute Gasteiger partial charge is 0.322 e. The maximum absolute atomic E-state index is 12.8. The van der Waals surface area contributed by atoms with Crippen molar-refractivity contribution < 1.29 is 19.2 Å². The lowest BCUT2D eigenvalue weighted by Gasteiger charge is -2.30. The highest BCUT2D eigenvalue weighted by molar-refractivity contribution is 6.08. The Hall–Kier alpha value is -3.68. The molecule has 8 nitrogen and oxygen atoms in total. The summed E-state index contributed by atoms with van der Waals surface area (Å²) in [6.07, 6.45) is 2.03. The average molecular weight is 434 g/mol. The van der Waals surface area contributed by atoms with E-state index < -0.39 is 17.5 Å². The van der Waals surface area contributed by atoms with Gasteiger partial charge in [0.2, 0.25) is 0 Å². The second kappa shape index (κ2) is 8.45. The minimum Gasteiger partial charge on any atom is -0.339 e.